The Balaban J connectivity index is 1.77. The van der Waals surface area contributed by atoms with Gasteiger partial charge in [-0.25, -0.2) is 4.98 Å². The highest BCUT2D eigenvalue weighted by atomic mass is 16.5. The molecule has 0 radical (unpaired) electrons. The Kier molecular flexibility index (Phi) is 8.34. The van der Waals surface area contributed by atoms with E-state index in [1.165, 1.54) is 6.92 Å². The van der Waals surface area contributed by atoms with Crippen LogP contribution in [0.4, 0.5) is 5.69 Å². The fourth-order valence-electron chi connectivity index (χ4n) is 4.00. The van der Waals surface area contributed by atoms with Gasteiger partial charge in [0.1, 0.15) is 17.6 Å². The number of para-hydroxylation sites is 1. The molecule has 0 N–H and O–H groups in total. The number of aldehydes is 1. The zero-order chi connectivity index (χ0) is 22.8. The van der Waals surface area contributed by atoms with Gasteiger partial charge in [0.15, 0.2) is 0 Å². The Bertz CT molecular complexity index is 988. The summed E-state index contributed by atoms with van der Waals surface area (Å²) in [6.07, 6.45) is 6.77. The molecule has 3 aromatic rings. The Labute approximate surface area is 189 Å². The lowest BCUT2D eigenvalue weighted by atomic mass is 9.91. The van der Waals surface area contributed by atoms with E-state index in [2.05, 4.69) is 9.55 Å². The van der Waals surface area contributed by atoms with Crippen LogP contribution in [0.5, 0.6) is 0 Å². The number of rotatable bonds is 12. The van der Waals surface area contributed by atoms with Crippen LogP contribution in [0.1, 0.15) is 37.6 Å². The Morgan fingerprint density at radius 1 is 1.09 bits per heavy atom. The van der Waals surface area contributed by atoms with E-state index in [0.717, 1.165) is 37.1 Å². The van der Waals surface area contributed by atoms with Gasteiger partial charge in [-0.1, -0.05) is 48.5 Å². The van der Waals surface area contributed by atoms with E-state index in [4.69, 9.17) is 4.74 Å². The molecule has 0 spiro atoms. The number of imidazole rings is 1. The van der Waals surface area contributed by atoms with Gasteiger partial charge in [0, 0.05) is 31.5 Å². The van der Waals surface area contributed by atoms with Crippen LogP contribution in [0.2, 0.25) is 0 Å². The van der Waals surface area contributed by atoms with Crippen molar-refractivity contribution in [2.45, 2.75) is 51.8 Å². The van der Waals surface area contributed by atoms with Crippen LogP contribution < -0.4 is 4.90 Å². The van der Waals surface area contributed by atoms with Crippen molar-refractivity contribution in [3.8, 4) is 0 Å². The molecule has 0 aliphatic rings. The van der Waals surface area contributed by atoms with Crippen molar-refractivity contribution in [1.82, 2.24) is 9.55 Å². The van der Waals surface area contributed by atoms with Gasteiger partial charge >= 0.3 is 0 Å². The summed E-state index contributed by atoms with van der Waals surface area (Å²) in [5.41, 5.74) is 0.643. The Morgan fingerprint density at radius 3 is 2.38 bits per heavy atom. The minimum absolute atomic E-state index is 0.129. The third-order valence-corrected chi connectivity index (χ3v) is 5.64. The molecule has 0 bridgehead atoms. The summed E-state index contributed by atoms with van der Waals surface area (Å²) in [6, 6.07) is 19.2. The third kappa shape index (κ3) is 5.92. The summed E-state index contributed by atoms with van der Waals surface area (Å²) < 4.78 is 8.10. The number of anilines is 1. The molecule has 1 atom stereocenters. The molecule has 6 heteroatoms. The number of nitrogens with zero attached hydrogens (tertiary/aromatic N) is 3. The molecule has 1 heterocycles. The third-order valence-electron chi connectivity index (χ3n) is 5.64. The average Bonchev–Trinajstić information content (AvgIpc) is 3.22. The van der Waals surface area contributed by atoms with Crippen molar-refractivity contribution < 1.29 is 14.3 Å². The predicted octanol–water partition coefficient (Wildman–Crippen LogP) is 4.57. The highest BCUT2D eigenvalue weighted by molar-refractivity contribution is 5.97. The number of ether oxygens (including phenoxy) is 1. The van der Waals surface area contributed by atoms with Crippen LogP contribution in [0, 0.1) is 6.92 Å². The first-order valence-electron chi connectivity index (χ1n) is 11.0. The van der Waals surface area contributed by atoms with E-state index < -0.39 is 5.54 Å². The number of carbonyl (C=O) groups is 2. The van der Waals surface area contributed by atoms with Crippen LogP contribution in [0.25, 0.3) is 0 Å². The number of aryl methyl sites for hydroxylation is 2. The number of unbranched alkanes of at least 4 members (excludes halogenated alkanes) is 1. The van der Waals surface area contributed by atoms with Gasteiger partial charge in [-0.15, -0.1) is 0 Å². The van der Waals surface area contributed by atoms with Crippen LogP contribution in [0.3, 0.4) is 0 Å². The molecule has 1 aromatic heterocycles. The SMILES string of the molecule is CC(=O)N(c1ccccc1)[C@@](C=O)(CCCCn1ccnc1C)COCc1ccccc1. The lowest BCUT2D eigenvalue weighted by molar-refractivity contribution is -0.124. The molecule has 1 amide bonds. The maximum absolute atomic E-state index is 12.7. The van der Waals surface area contributed by atoms with Crippen LogP contribution >= 0.6 is 0 Å². The number of hydrogen-bond acceptors (Lipinski definition) is 4. The largest absolute Gasteiger partial charge is 0.374 e. The minimum atomic E-state index is -1.08. The van der Waals surface area contributed by atoms with Crippen molar-refractivity contribution in [2.24, 2.45) is 0 Å². The maximum atomic E-state index is 12.7. The van der Waals surface area contributed by atoms with Crippen molar-refractivity contribution >= 4 is 17.9 Å². The molecule has 0 fully saturated rings. The number of hydrogen-bond donors (Lipinski definition) is 0. The first kappa shape index (κ1) is 23.4. The summed E-state index contributed by atoms with van der Waals surface area (Å²) in [5.74, 6) is 0.782. The first-order valence-corrected chi connectivity index (χ1v) is 11.0. The van der Waals surface area contributed by atoms with Crippen molar-refractivity contribution in [3.05, 3.63) is 84.4 Å². The standard InChI is InChI=1S/C26H31N3O3/c1-22-27-16-18-28(22)17-10-9-15-26(20-30,21-32-19-24-11-5-3-6-12-24)29(23(2)31)25-13-7-4-8-14-25/h3-8,11-14,16,18,20H,9-10,15,17,19,21H2,1-2H3/t26-/m1/s1. The average molecular weight is 434 g/mol. The van der Waals surface area contributed by atoms with E-state index in [0.29, 0.717) is 18.7 Å². The molecule has 0 unspecified atom stereocenters. The molecule has 2 aromatic carbocycles. The van der Waals surface area contributed by atoms with E-state index in [-0.39, 0.29) is 12.5 Å². The van der Waals surface area contributed by atoms with Gasteiger partial charge in [-0.2, -0.15) is 0 Å². The fraction of sp³-hybridized carbons (Fsp3) is 0.346. The minimum Gasteiger partial charge on any atom is -0.374 e. The van der Waals surface area contributed by atoms with Crippen LogP contribution in [-0.4, -0.2) is 33.9 Å². The molecular weight excluding hydrogens is 402 g/mol. The monoisotopic (exact) mass is 433 g/mol. The van der Waals surface area contributed by atoms with E-state index in [1.807, 2.05) is 73.8 Å². The lowest BCUT2D eigenvalue weighted by Gasteiger charge is -2.39. The summed E-state index contributed by atoms with van der Waals surface area (Å²) in [7, 11) is 0. The smallest absolute Gasteiger partial charge is 0.224 e. The molecule has 0 saturated heterocycles. The maximum Gasteiger partial charge on any atom is 0.224 e. The van der Waals surface area contributed by atoms with Crippen molar-refractivity contribution in [2.75, 3.05) is 11.5 Å². The fourth-order valence-corrected chi connectivity index (χ4v) is 4.00. The summed E-state index contributed by atoms with van der Waals surface area (Å²) in [4.78, 5) is 31.2. The lowest BCUT2D eigenvalue weighted by Crippen LogP contribution is -2.56. The van der Waals surface area contributed by atoms with Gasteiger partial charge in [-0.3, -0.25) is 9.69 Å². The second-order valence-corrected chi connectivity index (χ2v) is 8.01. The molecule has 168 valence electrons. The van der Waals surface area contributed by atoms with Gasteiger partial charge < -0.3 is 14.1 Å². The van der Waals surface area contributed by atoms with E-state index >= 15 is 0 Å². The van der Waals surface area contributed by atoms with Gasteiger partial charge in [0.2, 0.25) is 5.91 Å². The molecule has 6 nitrogen and oxygen atoms in total. The Hall–Kier alpha value is -3.25. The van der Waals surface area contributed by atoms with E-state index in [1.54, 1.807) is 11.1 Å². The normalized spacial score (nSPS) is 12.8. The number of amides is 1. The predicted molar refractivity (Wildman–Crippen MR) is 125 cm³/mol. The quantitative estimate of drug-likeness (QED) is 0.310. The molecule has 0 saturated carbocycles. The molecule has 0 aliphatic carbocycles. The van der Waals surface area contributed by atoms with Crippen molar-refractivity contribution in [1.29, 1.82) is 0 Å². The summed E-state index contributed by atoms with van der Waals surface area (Å²) in [5, 5.41) is 0. The number of carbonyl (C=O) groups excluding carboxylic acids is 2. The van der Waals surface area contributed by atoms with E-state index in [9.17, 15) is 9.59 Å². The summed E-state index contributed by atoms with van der Waals surface area (Å²) >= 11 is 0. The van der Waals surface area contributed by atoms with Gasteiger partial charge in [-0.05, 0) is 43.9 Å². The van der Waals surface area contributed by atoms with Crippen molar-refractivity contribution in [3.63, 3.8) is 0 Å². The number of benzene rings is 2. The number of aromatic nitrogens is 2. The van der Waals surface area contributed by atoms with Gasteiger partial charge in [0.05, 0.1) is 13.2 Å². The highest BCUT2D eigenvalue weighted by Gasteiger charge is 2.39. The molecule has 3 rings (SSSR count). The molecular formula is C26H31N3O3. The van der Waals surface area contributed by atoms with Crippen LogP contribution in [-0.2, 0) is 27.5 Å². The Morgan fingerprint density at radius 2 is 1.78 bits per heavy atom. The highest BCUT2D eigenvalue weighted by Crippen LogP contribution is 2.29. The first-order chi connectivity index (χ1) is 15.6. The molecule has 0 aliphatic heterocycles. The van der Waals surface area contributed by atoms with Gasteiger partial charge in [0.25, 0.3) is 0 Å². The summed E-state index contributed by atoms with van der Waals surface area (Å²) in [6.45, 7) is 4.80. The zero-order valence-electron chi connectivity index (χ0n) is 18.8. The molecule has 32 heavy (non-hydrogen) atoms. The second-order valence-electron chi connectivity index (χ2n) is 8.01. The zero-order valence-corrected chi connectivity index (χ0v) is 18.8. The van der Waals surface area contributed by atoms with Crippen LogP contribution in [0.15, 0.2) is 73.1 Å². The topological polar surface area (TPSA) is 64.4 Å². The second kappa shape index (κ2) is 11.4.